The minimum Gasteiger partial charge on any atom is -0.360 e. The first-order valence-corrected chi connectivity index (χ1v) is 9.23. The second-order valence-electron chi connectivity index (χ2n) is 7.23. The van der Waals surface area contributed by atoms with Gasteiger partial charge in [0.2, 0.25) is 0 Å². The van der Waals surface area contributed by atoms with Gasteiger partial charge in [-0.1, -0.05) is 12.1 Å². The van der Waals surface area contributed by atoms with Crippen molar-refractivity contribution in [3.63, 3.8) is 0 Å². The first kappa shape index (κ1) is 23.8. The van der Waals surface area contributed by atoms with Gasteiger partial charge in [-0.15, -0.1) is 0 Å². The Morgan fingerprint density at radius 3 is 2.56 bits per heavy atom. The molecule has 27 heavy (non-hydrogen) atoms. The zero-order valence-electron chi connectivity index (χ0n) is 16.2. The van der Waals surface area contributed by atoms with Gasteiger partial charge >= 0.3 is 0 Å². The van der Waals surface area contributed by atoms with Crippen molar-refractivity contribution >= 4 is 32.9 Å². The van der Waals surface area contributed by atoms with Gasteiger partial charge in [-0.05, 0) is 57.4 Å². The van der Waals surface area contributed by atoms with Crippen LogP contribution in [0.1, 0.15) is 44.2 Å². The van der Waals surface area contributed by atoms with Gasteiger partial charge in [0.25, 0.3) is 5.91 Å². The van der Waals surface area contributed by atoms with E-state index in [0.717, 1.165) is 52.0 Å². The summed E-state index contributed by atoms with van der Waals surface area (Å²) in [6.07, 6.45) is 2.70. The highest BCUT2D eigenvalue weighted by Crippen LogP contribution is 2.33. The van der Waals surface area contributed by atoms with Crippen molar-refractivity contribution in [3.8, 4) is 6.07 Å². The van der Waals surface area contributed by atoms with Gasteiger partial charge in [0, 0.05) is 26.2 Å². The molecule has 0 radical (unpaired) electrons. The maximum Gasteiger partial charge on any atom is 0.251 e. The lowest BCUT2D eigenvalue weighted by atomic mass is 9.91. The molecule has 1 spiro atoms. The lowest BCUT2D eigenvalue weighted by molar-refractivity contribution is -0.182. The van der Waals surface area contributed by atoms with Gasteiger partial charge in [0.05, 0.1) is 17.2 Å². The van der Waals surface area contributed by atoms with Gasteiger partial charge in [-0.3, -0.25) is 9.69 Å². The van der Waals surface area contributed by atoms with Gasteiger partial charge < -0.3 is 9.64 Å². The second kappa shape index (κ2) is 10.4. The number of ether oxygens (including phenoxy) is 1. The summed E-state index contributed by atoms with van der Waals surface area (Å²) in [5.74, 6) is 0.117. The van der Waals surface area contributed by atoms with Crippen LogP contribution in [0.3, 0.4) is 0 Å². The third-order valence-corrected chi connectivity index (χ3v) is 5.43. The highest BCUT2D eigenvalue weighted by atomic mass is 32.1. The van der Waals surface area contributed by atoms with Crippen molar-refractivity contribution in [2.75, 3.05) is 26.2 Å². The van der Waals surface area contributed by atoms with E-state index in [1.807, 2.05) is 43.0 Å². The van der Waals surface area contributed by atoms with Crippen molar-refractivity contribution < 1.29 is 9.53 Å². The summed E-state index contributed by atoms with van der Waals surface area (Å²) in [6, 6.07) is 10.00. The minimum absolute atomic E-state index is 0. The van der Waals surface area contributed by atoms with Gasteiger partial charge in [0.15, 0.2) is 0 Å². The summed E-state index contributed by atoms with van der Waals surface area (Å²) in [5, 5.41) is 8.91. The third-order valence-electron chi connectivity index (χ3n) is 5.43. The van der Waals surface area contributed by atoms with Crippen LogP contribution in [0, 0.1) is 11.3 Å². The normalized spacial score (nSPS) is 25.9. The third kappa shape index (κ3) is 5.64. The fourth-order valence-corrected chi connectivity index (χ4v) is 4.01. The number of rotatable bonds is 3. The Morgan fingerprint density at radius 2 is 1.93 bits per heavy atom. The molecule has 2 aliphatic heterocycles. The summed E-state index contributed by atoms with van der Waals surface area (Å²) in [6.45, 7) is 8.30. The van der Waals surface area contributed by atoms with Crippen LogP contribution in [0.2, 0.25) is 0 Å². The summed E-state index contributed by atoms with van der Waals surface area (Å²) >= 11 is 0. The molecule has 150 valence electrons. The summed E-state index contributed by atoms with van der Waals surface area (Å²) in [4.78, 5) is 16.6. The van der Waals surface area contributed by atoms with E-state index in [1.165, 1.54) is 5.56 Å². The van der Waals surface area contributed by atoms with E-state index in [4.69, 9.17) is 10.00 Å². The zero-order chi connectivity index (χ0) is 17.9. The fourth-order valence-electron chi connectivity index (χ4n) is 4.01. The molecule has 0 saturated carbocycles. The number of nitrogens with zero attached hydrogens (tertiary/aromatic N) is 3. The zero-order valence-corrected chi connectivity index (χ0v) is 18.2. The Bertz CT molecular complexity index is 662. The van der Waals surface area contributed by atoms with E-state index in [0.29, 0.717) is 5.56 Å². The van der Waals surface area contributed by atoms with E-state index in [1.54, 1.807) is 0 Å². The Morgan fingerprint density at radius 1 is 1.22 bits per heavy atom. The van der Waals surface area contributed by atoms with Crippen molar-refractivity contribution in [2.45, 2.75) is 51.4 Å². The lowest BCUT2D eigenvalue weighted by Crippen LogP contribution is -2.58. The van der Waals surface area contributed by atoms with Crippen LogP contribution >= 0.6 is 27.0 Å². The molecule has 0 unspecified atom stereocenters. The SMILES string of the molecule is CCN1C[C@@]2(CCCN(Cc3ccc(C#N)cc3)CC2)O[C@@H](C)C1=O.S.S. The molecule has 0 bridgehead atoms. The van der Waals surface area contributed by atoms with E-state index in [2.05, 4.69) is 11.0 Å². The number of benzene rings is 1. The molecule has 0 aliphatic carbocycles. The Labute approximate surface area is 176 Å². The fraction of sp³-hybridized carbons (Fsp3) is 0.600. The summed E-state index contributed by atoms with van der Waals surface area (Å²) < 4.78 is 6.21. The molecule has 1 aromatic rings. The molecule has 1 amide bonds. The molecule has 7 heteroatoms. The summed E-state index contributed by atoms with van der Waals surface area (Å²) in [7, 11) is 0. The maximum absolute atomic E-state index is 12.2. The number of amides is 1. The predicted molar refractivity (Wildman–Crippen MR) is 117 cm³/mol. The van der Waals surface area contributed by atoms with Crippen molar-refractivity contribution in [1.29, 1.82) is 5.26 Å². The molecule has 1 aromatic carbocycles. The Hall–Kier alpha value is -1.20. The molecule has 0 N–H and O–H groups in total. The van der Waals surface area contributed by atoms with E-state index < -0.39 is 0 Å². The molecule has 3 rings (SSSR count). The molecule has 5 nitrogen and oxygen atoms in total. The predicted octanol–water partition coefficient (Wildman–Crippen LogP) is 2.78. The average Bonchev–Trinajstić information content (AvgIpc) is 2.81. The second-order valence-corrected chi connectivity index (χ2v) is 7.23. The van der Waals surface area contributed by atoms with Gasteiger partial charge in [-0.25, -0.2) is 0 Å². The van der Waals surface area contributed by atoms with Crippen LogP contribution in [-0.4, -0.2) is 53.6 Å². The number of nitriles is 1. The van der Waals surface area contributed by atoms with Gasteiger partial charge in [-0.2, -0.15) is 32.3 Å². The van der Waals surface area contributed by atoms with Crippen LogP contribution < -0.4 is 0 Å². The number of hydrogen-bond acceptors (Lipinski definition) is 4. The molecular weight excluding hydrogens is 378 g/mol. The maximum atomic E-state index is 12.2. The summed E-state index contributed by atoms with van der Waals surface area (Å²) in [5.41, 5.74) is 1.74. The monoisotopic (exact) mass is 409 g/mol. The van der Waals surface area contributed by atoms with Crippen molar-refractivity contribution in [1.82, 2.24) is 9.80 Å². The Kier molecular flexibility index (Phi) is 9.16. The highest BCUT2D eigenvalue weighted by molar-refractivity contribution is 7.59. The quantitative estimate of drug-likeness (QED) is 0.770. The number of likely N-dealkylation sites (tertiary alicyclic amines) is 1. The van der Waals surface area contributed by atoms with Crippen molar-refractivity contribution in [2.24, 2.45) is 0 Å². The van der Waals surface area contributed by atoms with Crippen molar-refractivity contribution in [3.05, 3.63) is 35.4 Å². The highest BCUT2D eigenvalue weighted by Gasteiger charge is 2.43. The van der Waals surface area contributed by atoms with E-state index in [-0.39, 0.29) is 44.6 Å². The average molecular weight is 410 g/mol. The van der Waals surface area contributed by atoms with Crippen LogP contribution in [0.25, 0.3) is 0 Å². The minimum atomic E-state index is -0.334. The van der Waals surface area contributed by atoms with Crippen LogP contribution in [-0.2, 0) is 16.1 Å². The Balaban J connectivity index is 0.00000182. The number of morpholine rings is 1. The molecule has 2 saturated heterocycles. The number of carbonyl (C=O) groups is 1. The van der Waals surface area contributed by atoms with E-state index in [9.17, 15) is 4.79 Å². The molecule has 2 heterocycles. The molecule has 2 atom stereocenters. The largest absolute Gasteiger partial charge is 0.360 e. The smallest absolute Gasteiger partial charge is 0.251 e. The van der Waals surface area contributed by atoms with Crippen LogP contribution in [0.15, 0.2) is 24.3 Å². The molecule has 0 aromatic heterocycles. The topological polar surface area (TPSA) is 56.6 Å². The van der Waals surface area contributed by atoms with Crippen LogP contribution in [0.4, 0.5) is 0 Å². The van der Waals surface area contributed by atoms with Gasteiger partial charge in [0.1, 0.15) is 6.10 Å². The molecule has 2 aliphatic rings. The first-order chi connectivity index (χ1) is 12.0. The number of carbonyl (C=O) groups excluding carboxylic acids is 1. The molecular formula is C20H31N3O2S2. The lowest BCUT2D eigenvalue weighted by Gasteiger charge is -2.44. The van der Waals surface area contributed by atoms with E-state index >= 15 is 0 Å². The first-order valence-electron chi connectivity index (χ1n) is 9.23. The number of likely N-dealkylation sites (N-methyl/N-ethyl adjacent to an activating group) is 1. The molecule has 2 fully saturated rings. The number of hydrogen-bond donors (Lipinski definition) is 0. The standard InChI is InChI=1S/C20H27N3O2.2H2S/c1-3-23-15-20(25-16(2)19(23)24)9-4-11-22(12-10-20)14-18-7-5-17(13-21)6-8-18;;/h5-8,16H,3-4,9-12,14-15H2,1-2H3;2*1H2/t16-,20-;;/m0../s1. The van der Waals surface area contributed by atoms with Crippen LogP contribution in [0.5, 0.6) is 0 Å².